The van der Waals surface area contributed by atoms with Gasteiger partial charge in [-0.1, -0.05) is 73.2 Å². The summed E-state index contributed by atoms with van der Waals surface area (Å²) in [5.41, 5.74) is 7.48. The molecule has 2 saturated carbocycles. The van der Waals surface area contributed by atoms with Gasteiger partial charge in [-0.3, -0.25) is 19.0 Å². The van der Waals surface area contributed by atoms with E-state index in [9.17, 15) is 14.4 Å². The number of ketones is 2. The van der Waals surface area contributed by atoms with Crippen LogP contribution in [0.3, 0.4) is 0 Å². The quantitative estimate of drug-likeness (QED) is 0.163. The SMILES string of the molecule is C.CC(=O)n1c(C(C)(C)C)cc2cc(CC(=O)C3(c4ccc5c(c4)OCO5)CC3)ccc21.CC(C)(C)c1cc2cc(CC(=O)C3(c4ccc5c(c4)OCO5)CC3)ccc2[nH]1. The highest BCUT2D eigenvalue weighted by molar-refractivity contribution is 5.97. The summed E-state index contributed by atoms with van der Waals surface area (Å²) in [5, 5.41) is 2.17. The summed E-state index contributed by atoms with van der Waals surface area (Å²) in [6.07, 6.45) is 4.38. The third kappa shape index (κ3) is 7.37. The van der Waals surface area contributed by atoms with Gasteiger partial charge >= 0.3 is 0 Å². The van der Waals surface area contributed by atoms with Crippen LogP contribution in [0, 0.1) is 0 Å². The van der Waals surface area contributed by atoms with Gasteiger partial charge in [-0.2, -0.15) is 0 Å². The van der Waals surface area contributed by atoms with E-state index >= 15 is 0 Å². The van der Waals surface area contributed by atoms with Crippen molar-refractivity contribution < 1.29 is 33.3 Å². The van der Waals surface area contributed by atoms with E-state index < -0.39 is 5.41 Å². The second kappa shape index (κ2) is 14.7. The largest absolute Gasteiger partial charge is 0.454 e. The van der Waals surface area contributed by atoms with E-state index in [2.05, 4.69) is 82.9 Å². The monoisotopic (exact) mass is 808 g/mol. The molecule has 10 rings (SSSR count). The molecule has 2 aromatic heterocycles. The fraction of sp³-hybridized carbons (Fsp3) is 0.392. The van der Waals surface area contributed by atoms with Crippen LogP contribution >= 0.6 is 0 Å². The second-order valence-corrected chi connectivity index (χ2v) is 18.9. The molecule has 0 bridgehead atoms. The average Bonchev–Trinajstić information content (AvgIpc) is 3.90. The molecule has 312 valence electrons. The molecule has 0 saturated heterocycles. The molecule has 9 nitrogen and oxygen atoms in total. The number of Topliss-reactive ketones (excluding diaryl/α,β-unsaturated/α-hetero) is 2. The Labute approximate surface area is 352 Å². The molecule has 0 amide bonds. The average molecular weight is 809 g/mol. The number of benzene rings is 4. The highest BCUT2D eigenvalue weighted by atomic mass is 16.7. The molecule has 0 spiro atoms. The van der Waals surface area contributed by atoms with Crippen molar-refractivity contribution in [2.45, 2.75) is 116 Å². The standard InChI is InChI=1S/C26H27NO4.C24H25NO3.CH4/c1-16(28)27-20-7-5-17(11-18(20)13-23(27)25(2,3)4)12-24(29)26(9-10-26)19-6-8-21-22(14-19)31-15-30-21;1-23(2,3)21-12-16-10-15(4-6-18(16)25-21)11-22(26)24(8-9-24)17-5-7-19-20(13-17)28-14-27-19;/h5-8,11,13-14H,9-10,12,15H2,1-4H3;4-7,10,12-13,25H,8-9,11,14H2,1-3H3;1H4. The Balaban J connectivity index is 0.000000164. The molecule has 2 aliphatic heterocycles. The van der Waals surface area contributed by atoms with Gasteiger partial charge < -0.3 is 23.9 Å². The summed E-state index contributed by atoms with van der Waals surface area (Å²) >= 11 is 0. The lowest BCUT2D eigenvalue weighted by Crippen LogP contribution is -2.22. The Morgan fingerprint density at radius 1 is 0.600 bits per heavy atom. The number of nitrogens with one attached hydrogen (secondary N) is 1. The Bertz CT molecular complexity index is 2680. The first-order valence-corrected chi connectivity index (χ1v) is 20.7. The van der Waals surface area contributed by atoms with Gasteiger partial charge in [-0.15, -0.1) is 0 Å². The molecule has 60 heavy (non-hydrogen) atoms. The highest BCUT2D eigenvalue weighted by Gasteiger charge is 2.52. The normalized spacial score (nSPS) is 16.5. The van der Waals surface area contributed by atoms with E-state index in [1.54, 1.807) is 11.5 Å². The van der Waals surface area contributed by atoms with Crippen molar-refractivity contribution in [3.05, 3.63) is 119 Å². The summed E-state index contributed by atoms with van der Waals surface area (Å²) in [4.78, 5) is 42.4. The Morgan fingerprint density at radius 3 is 1.58 bits per heavy atom. The molecular formula is C51H56N2O7. The number of carbonyl (C=O) groups is 3. The van der Waals surface area contributed by atoms with E-state index in [0.29, 0.717) is 12.8 Å². The summed E-state index contributed by atoms with van der Waals surface area (Å²) in [6, 6.07) is 28.4. The molecule has 0 atom stereocenters. The predicted octanol–water partition coefficient (Wildman–Crippen LogP) is 10.8. The van der Waals surface area contributed by atoms with Gasteiger partial charge in [0.05, 0.1) is 16.3 Å². The van der Waals surface area contributed by atoms with E-state index in [-0.39, 0.29) is 54.7 Å². The molecule has 0 radical (unpaired) electrons. The second-order valence-electron chi connectivity index (χ2n) is 18.9. The van der Waals surface area contributed by atoms with Crippen LogP contribution < -0.4 is 18.9 Å². The van der Waals surface area contributed by atoms with Gasteiger partial charge in [0.15, 0.2) is 23.0 Å². The van der Waals surface area contributed by atoms with Crippen LogP contribution in [0.25, 0.3) is 21.8 Å². The van der Waals surface area contributed by atoms with Crippen LogP contribution in [0.5, 0.6) is 23.0 Å². The smallest absolute Gasteiger partial charge is 0.231 e. The van der Waals surface area contributed by atoms with Crippen molar-refractivity contribution in [2.24, 2.45) is 0 Å². The number of hydrogen-bond acceptors (Lipinski definition) is 7. The Hall–Kier alpha value is -5.83. The number of aromatic nitrogens is 2. The van der Waals surface area contributed by atoms with E-state index in [4.69, 9.17) is 18.9 Å². The number of H-pyrrole nitrogens is 1. The van der Waals surface area contributed by atoms with Gasteiger partial charge in [-0.25, -0.2) is 0 Å². The molecular weight excluding hydrogens is 753 g/mol. The van der Waals surface area contributed by atoms with Crippen LogP contribution in [0.15, 0.2) is 84.9 Å². The van der Waals surface area contributed by atoms with Crippen LogP contribution in [0.4, 0.5) is 0 Å². The molecule has 9 heteroatoms. The molecule has 2 fully saturated rings. The van der Waals surface area contributed by atoms with Crippen molar-refractivity contribution >= 4 is 39.3 Å². The first-order chi connectivity index (χ1) is 28.0. The van der Waals surface area contributed by atoms with Crippen LogP contribution in [0.1, 0.15) is 120 Å². The molecule has 1 N–H and O–H groups in total. The maximum absolute atomic E-state index is 13.3. The summed E-state index contributed by atoms with van der Waals surface area (Å²) in [6.45, 7) is 15.0. The summed E-state index contributed by atoms with van der Waals surface area (Å²) in [7, 11) is 0. The molecule has 4 aliphatic rings. The van der Waals surface area contributed by atoms with Gasteiger partial charge in [0.25, 0.3) is 0 Å². The van der Waals surface area contributed by atoms with Crippen molar-refractivity contribution in [3.63, 3.8) is 0 Å². The minimum Gasteiger partial charge on any atom is -0.454 e. The lowest BCUT2D eigenvalue weighted by atomic mass is 9.87. The number of carbonyl (C=O) groups excluding carboxylic acids is 3. The maximum Gasteiger partial charge on any atom is 0.231 e. The summed E-state index contributed by atoms with van der Waals surface area (Å²) in [5.74, 6) is 3.49. The fourth-order valence-corrected chi connectivity index (χ4v) is 8.77. The van der Waals surface area contributed by atoms with Crippen molar-refractivity contribution in [3.8, 4) is 23.0 Å². The van der Waals surface area contributed by atoms with E-state index in [0.717, 1.165) is 93.0 Å². The van der Waals surface area contributed by atoms with Crippen molar-refractivity contribution in [1.29, 1.82) is 0 Å². The van der Waals surface area contributed by atoms with Crippen LogP contribution in [-0.2, 0) is 44.1 Å². The number of ether oxygens (including phenoxy) is 4. The summed E-state index contributed by atoms with van der Waals surface area (Å²) < 4.78 is 23.6. The fourth-order valence-electron chi connectivity index (χ4n) is 8.77. The number of rotatable bonds is 8. The van der Waals surface area contributed by atoms with Gasteiger partial charge in [-0.05, 0) is 114 Å². The van der Waals surface area contributed by atoms with Gasteiger partial charge in [0, 0.05) is 52.9 Å². The zero-order valence-electron chi connectivity index (χ0n) is 35.0. The first kappa shape index (κ1) is 40.9. The number of fused-ring (bicyclic) bond motifs is 4. The Morgan fingerprint density at radius 2 is 1.10 bits per heavy atom. The molecule has 6 aromatic rings. The first-order valence-electron chi connectivity index (χ1n) is 20.7. The zero-order valence-corrected chi connectivity index (χ0v) is 35.0. The topological polar surface area (TPSA) is 109 Å². The molecule has 2 aliphatic carbocycles. The minimum atomic E-state index is -0.419. The van der Waals surface area contributed by atoms with E-state index in [1.165, 1.54) is 11.1 Å². The zero-order chi connectivity index (χ0) is 41.5. The molecule has 4 heterocycles. The highest BCUT2D eigenvalue weighted by Crippen LogP contribution is 2.53. The van der Waals surface area contributed by atoms with Crippen LogP contribution in [0.2, 0.25) is 0 Å². The molecule has 0 unspecified atom stereocenters. The number of nitrogens with zero attached hydrogens (tertiary/aromatic N) is 1. The minimum absolute atomic E-state index is 0. The van der Waals surface area contributed by atoms with E-state index in [1.807, 2.05) is 48.5 Å². The van der Waals surface area contributed by atoms with Crippen molar-refractivity contribution in [1.82, 2.24) is 9.55 Å². The van der Waals surface area contributed by atoms with Crippen molar-refractivity contribution in [2.75, 3.05) is 13.6 Å². The Kier molecular flexibility index (Phi) is 10.0. The maximum atomic E-state index is 13.3. The third-order valence-electron chi connectivity index (χ3n) is 12.6. The lowest BCUT2D eigenvalue weighted by Gasteiger charge is -2.20. The number of aromatic amines is 1. The molecule has 4 aromatic carbocycles. The predicted molar refractivity (Wildman–Crippen MR) is 235 cm³/mol. The third-order valence-corrected chi connectivity index (χ3v) is 12.6. The van der Waals surface area contributed by atoms with Gasteiger partial charge in [0.2, 0.25) is 19.5 Å². The number of hydrogen-bond donors (Lipinski definition) is 1. The van der Waals surface area contributed by atoms with Crippen LogP contribution in [-0.4, -0.2) is 40.6 Å². The lowest BCUT2D eigenvalue weighted by molar-refractivity contribution is -0.121. The van der Waals surface area contributed by atoms with Gasteiger partial charge in [0.1, 0.15) is 11.6 Å².